The van der Waals surface area contributed by atoms with Crippen LogP contribution in [0.15, 0.2) is 29.3 Å². The molecule has 2 aliphatic heterocycles. The molecule has 0 amide bonds. The maximum absolute atomic E-state index is 6.10. The standard InChI is InChI=1S/C22H37N5/c1-2-27-14-8-11-21(27)17-25-22(23)24-16-19-9-7-10-20(15-19)18-26-12-5-3-4-6-13-26/h7,9-10,15,21H,2-6,8,11-14,16-18H2,1H3,(H3,23,24,25). The van der Waals surface area contributed by atoms with Gasteiger partial charge in [-0.15, -0.1) is 0 Å². The van der Waals surface area contributed by atoms with Crippen molar-refractivity contribution in [2.75, 3.05) is 32.7 Å². The Bertz CT molecular complexity index is 592. The van der Waals surface area contributed by atoms with Gasteiger partial charge in [-0.25, -0.2) is 4.99 Å². The molecule has 1 unspecified atom stereocenters. The number of nitrogens with one attached hydrogen (secondary N) is 1. The van der Waals surface area contributed by atoms with E-state index in [9.17, 15) is 0 Å². The number of hydrogen-bond acceptors (Lipinski definition) is 3. The molecule has 1 aromatic carbocycles. The van der Waals surface area contributed by atoms with Gasteiger partial charge in [0.05, 0.1) is 6.54 Å². The largest absolute Gasteiger partial charge is 0.370 e. The first-order valence-corrected chi connectivity index (χ1v) is 10.8. The minimum atomic E-state index is 0.566. The number of benzene rings is 1. The summed E-state index contributed by atoms with van der Waals surface area (Å²) in [4.78, 5) is 9.67. The molecule has 2 heterocycles. The molecule has 2 saturated heterocycles. The Hall–Kier alpha value is -1.59. The average molecular weight is 372 g/mol. The molecule has 1 atom stereocenters. The molecule has 2 aliphatic rings. The van der Waals surface area contributed by atoms with Gasteiger partial charge >= 0.3 is 0 Å². The Balaban J connectivity index is 1.47. The molecular weight excluding hydrogens is 334 g/mol. The van der Waals surface area contributed by atoms with E-state index in [0.717, 1.165) is 19.6 Å². The highest BCUT2D eigenvalue weighted by molar-refractivity contribution is 5.77. The number of guanidine groups is 1. The number of likely N-dealkylation sites (tertiary alicyclic amines) is 2. The predicted molar refractivity (Wildman–Crippen MR) is 114 cm³/mol. The zero-order valence-electron chi connectivity index (χ0n) is 17.0. The van der Waals surface area contributed by atoms with E-state index in [0.29, 0.717) is 18.5 Å². The van der Waals surface area contributed by atoms with Gasteiger partial charge in [-0.1, -0.05) is 44.0 Å². The lowest BCUT2D eigenvalue weighted by Crippen LogP contribution is -2.42. The van der Waals surface area contributed by atoms with Crippen molar-refractivity contribution in [2.45, 2.75) is 64.6 Å². The topological polar surface area (TPSA) is 56.9 Å². The fourth-order valence-electron chi connectivity index (χ4n) is 4.38. The van der Waals surface area contributed by atoms with Crippen LogP contribution in [0.25, 0.3) is 0 Å². The highest BCUT2D eigenvalue weighted by Crippen LogP contribution is 2.16. The molecule has 3 N–H and O–H groups in total. The van der Waals surface area contributed by atoms with Gasteiger partial charge in [-0.2, -0.15) is 0 Å². The minimum absolute atomic E-state index is 0.566. The summed E-state index contributed by atoms with van der Waals surface area (Å²) in [5.74, 6) is 0.566. The summed E-state index contributed by atoms with van der Waals surface area (Å²) in [6.07, 6.45) is 7.99. The fourth-order valence-corrected chi connectivity index (χ4v) is 4.38. The van der Waals surface area contributed by atoms with Crippen LogP contribution in [-0.4, -0.2) is 54.5 Å². The number of rotatable bonds is 7. The summed E-state index contributed by atoms with van der Waals surface area (Å²) in [7, 11) is 0. The molecule has 0 aliphatic carbocycles. The third-order valence-electron chi connectivity index (χ3n) is 5.95. The molecule has 1 aromatic rings. The minimum Gasteiger partial charge on any atom is -0.370 e. The van der Waals surface area contributed by atoms with Crippen molar-refractivity contribution < 1.29 is 0 Å². The second-order valence-electron chi connectivity index (χ2n) is 8.02. The smallest absolute Gasteiger partial charge is 0.188 e. The molecule has 150 valence electrons. The average Bonchev–Trinajstić information content (AvgIpc) is 3.00. The van der Waals surface area contributed by atoms with E-state index in [2.05, 4.69) is 51.3 Å². The van der Waals surface area contributed by atoms with Crippen molar-refractivity contribution in [1.29, 1.82) is 0 Å². The first kappa shape index (κ1) is 20.2. The third kappa shape index (κ3) is 6.51. The van der Waals surface area contributed by atoms with Crippen molar-refractivity contribution in [3.63, 3.8) is 0 Å². The van der Waals surface area contributed by atoms with Gasteiger partial charge in [-0.3, -0.25) is 9.80 Å². The summed E-state index contributed by atoms with van der Waals surface area (Å²) >= 11 is 0. The number of nitrogens with two attached hydrogens (primary N) is 1. The third-order valence-corrected chi connectivity index (χ3v) is 5.95. The maximum Gasteiger partial charge on any atom is 0.188 e. The van der Waals surface area contributed by atoms with Gasteiger partial charge in [0.25, 0.3) is 0 Å². The lowest BCUT2D eigenvalue weighted by atomic mass is 10.1. The molecule has 5 heteroatoms. The van der Waals surface area contributed by atoms with E-state index in [1.165, 1.54) is 69.3 Å². The summed E-state index contributed by atoms with van der Waals surface area (Å²) in [6.45, 7) is 9.63. The highest BCUT2D eigenvalue weighted by atomic mass is 15.2. The van der Waals surface area contributed by atoms with Crippen LogP contribution in [0.1, 0.15) is 56.6 Å². The fraction of sp³-hybridized carbons (Fsp3) is 0.682. The van der Waals surface area contributed by atoms with Crippen molar-refractivity contribution in [1.82, 2.24) is 15.1 Å². The summed E-state index contributed by atoms with van der Waals surface area (Å²) in [6, 6.07) is 9.43. The first-order chi connectivity index (χ1) is 13.2. The number of likely N-dealkylation sites (N-methyl/N-ethyl adjacent to an activating group) is 1. The Morgan fingerprint density at radius 2 is 1.89 bits per heavy atom. The second-order valence-corrected chi connectivity index (χ2v) is 8.02. The van der Waals surface area contributed by atoms with Crippen molar-refractivity contribution >= 4 is 5.96 Å². The predicted octanol–water partition coefficient (Wildman–Crippen LogP) is 2.95. The van der Waals surface area contributed by atoms with Crippen LogP contribution in [0.4, 0.5) is 0 Å². The van der Waals surface area contributed by atoms with E-state index in [4.69, 9.17) is 5.73 Å². The van der Waals surface area contributed by atoms with Crippen molar-refractivity contribution in [3.05, 3.63) is 35.4 Å². The lowest BCUT2D eigenvalue weighted by molar-refractivity contribution is 0.267. The van der Waals surface area contributed by atoms with E-state index in [-0.39, 0.29) is 0 Å². The van der Waals surface area contributed by atoms with Crippen LogP contribution >= 0.6 is 0 Å². The van der Waals surface area contributed by atoms with Crippen molar-refractivity contribution in [2.24, 2.45) is 10.7 Å². The quantitative estimate of drug-likeness (QED) is 0.571. The zero-order valence-corrected chi connectivity index (χ0v) is 17.0. The number of nitrogens with zero attached hydrogens (tertiary/aromatic N) is 3. The van der Waals surface area contributed by atoms with Gasteiger partial charge in [0, 0.05) is 19.1 Å². The molecule has 0 spiro atoms. The second kappa shape index (κ2) is 10.7. The molecule has 2 fully saturated rings. The molecule has 0 bridgehead atoms. The Kier molecular flexibility index (Phi) is 7.96. The van der Waals surface area contributed by atoms with E-state index < -0.39 is 0 Å². The van der Waals surface area contributed by atoms with Crippen LogP contribution < -0.4 is 11.1 Å². The number of hydrogen-bond donors (Lipinski definition) is 2. The van der Waals surface area contributed by atoms with Crippen LogP contribution in [-0.2, 0) is 13.1 Å². The van der Waals surface area contributed by atoms with Gasteiger partial charge in [0.1, 0.15) is 0 Å². The first-order valence-electron chi connectivity index (χ1n) is 10.8. The summed E-state index contributed by atoms with van der Waals surface area (Å²) in [5, 5.41) is 3.32. The Labute approximate surface area is 165 Å². The SMILES string of the molecule is CCN1CCCC1CNC(N)=NCc1cccc(CN2CCCCCC2)c1. The van der Waals surface area contributed by atoms with Crippen molar-refractivity contribution in [3.8, 4) is 0 Å². The summed E-state index contributed by atoms with van der Waals surface area (Å²) < 4.78 is 0. The van der Waals surface area contributed by atoms with Crippen LogP contribution in [0.3, 0.4) is 0 Å². The number of aliphatic imine (C=N–C) groups is 1. The molecule has 0 radical (unpaired) electrons. The highest BCUT2D eigenvalue weighted by Gasteiger charge is 2.22. The molecular formula is C22H37N5. The van der Waals surface area contributed by atoms with Crippen LogP contribution in [0.5, 0.6) is 0 Å². The normalized spacial score (nSPS) is 22.7. The van der Waals surface area contributed by atoms with E-state index in [1.807, 2.05) is 0 Å². The Morgan fingerprint density at radius 3 is 2.67 bits per heavy atom. The summed E-state index contributed by atoms with van der Waals surface area (Å²) in [5.41, 5.74) is 8.73. The molecule has 0 saturated carbocycles. The maximum atomic E-state index is 6.10. The Morgan fingerprint density at radius 1 is 1.11 bits per heavy atom. The van der Waals surface area contributed by atoms with Gasteiger partial charge in [0.15, 0.2) is 5.96 Å². The van der Waals surface area contributed by atoms with Crippen LogP contribution in [0, 0.1) is 0 Å². The van der Waals surface area contributed by atoms with E-state index in [1.54, 1.807) is 0 Å². The zero-order chi connectivity index (χ0) is 18.9. The molecule has 5 nitrogen and oxygen atoms in total. The molecule has 0 aromatic heterocycles. The molecule has 3 rings (SSSR count). The van der Waals surface area contributed by atoms with Gasteiger partial charge < -0.3 is 11.1 Å². The monoisotopic (exact) mass is 371 g/mol. The van der Waals surface area contributed by atoms with E-state index >= 15 is 0 Å². The van der Waals surface area contributed by atoms with Crippen LogP contribution in [0.2, 0.25) is 0 Å². The van der Waals surface area contributed by atoms with Gasteiger partial charge in [-0.05, 0) is 63.0 Å². The molecule has 27 heavy (non-hydrogen) atoms. The lowest BCUT2D eigenvalue weighted by Gasteiger charge is -2.23. The van der Waals surface area contributed by atoms with Gasteiger partial charge in [0.2, 0.25) is 0 Å².